The number of rotatable bonds is 1. The molecule has 15 heavy (non-hydrogen) atoms. The van der Waals surface area contributed by atoms with Crippen LogP contribution < -0.4 is 10.8 Å². The second-order valence-electron chi connectivity index (χ2n) is 3.49. The zero-order valence-corrected chi connectivity index (χ0v) is 8.38. The Morgan fingerprint density at radius 1 is 1.47 bits per heavy atom. The third-order valence-electron chi connectivity index (χ3n) is 2.08. The Morgan fingerprint density at radius 3 is 2.87 bits per heavy atom. The van der Waals surface area contributed by atoms with E-state index in [-0.39, 0.29) is 22.7 Å². The number of hydrogen-bond acceptors (Lipinski definition) is 5. The lowest BCUT2D eigenvalue weighted by molar-refractivity contribution is 0.445. The van der Waals surface area contributed by atoms with Crippen molar-refractivity contribution in [3.05, 3.63) is 28.1 Å². The molecule has 0 atom stereocenters. The lowest BCUT2D eigenvalue weighted by Crippen LogP contribution is -2.34. The fourth-order valence-electron chi connectivity index (χ4n) is 1.25. The molecule has 78 valence electrons. The van der Waals surface area contributed by atoms with Crippen LogP contribution in [0.1, 0.15) is 13.8 Å². The highest BCUT2D eigenvalue weighted by atomic mass is 16.3. The van der Waals surface area contributed by atoms with E-state index in [0.29, 0.717) is 0 Å². The number of aromatic nitrogens is 4. The molecule has 2 aromatic heterocycles. The Bertz CT molecular complexity index is 602. The molecule has 0 saturated heterocycles. The van der Waals surface area contributed by atoms with Gasteiger partial charge < -0.3 is 5.11 Å². The molecule has 0 spiro atoms. The highest BCUT2D eigenvalue weighted by Crippen LogP contribution is 2.02. The fourth-order valence-corrected chi connectivity index (χ4v) is 1.25. The minimum absolute atomic E-state index is 0.0184. The van der Waals surface area contributed by atoms with Crippen LogP contribution in [0.5, 0.6) is 0 Å². The van der Waals surface area contributed by atoms with E-state index in [0.717, 1.165) is 4.52 Å². The number of nitrogens with zero attached hydrogens (tertiary/aromatic N) is 4. The largest absolute Gasteiger partial charge is 0.511 e. The summed E-state index contributed by atoms with van der Waals surface area (Å²) in [5.74, 6) is 0.130. The van der Waals surface area contributed by atoms with Crippen molar-refractivity contribution >= 4 is 11.5 Å². The molecule has 0 amide bonds. The smallest absolute Gasteiger partial charge is 0.286 e. The van der Waals surface area contributed by atoms with E-state index >= 15 is 0 Å². The number of aliphatic hydroxyl groups is 1. The molecule has 2 aromatic rings. The van der Waals surface area contributed by atoms with E-state index < -0.39 is 5.56 Å². The van der Waals surface area contributed by atoms with Gasteiger partial charge in [0.15, 0.2) is 0 Å². The minimum atomic E-state index is -0.399. The summed E-state index contributed by atoms with van der Waals surface area (Å²) in [5.41, 5.74) is -0.399. The molecular formula is C9H10N4O2. The predicted octanol–water partition coefficient (Wildman–Crippen LogP) is -0.474. The SMILES string of the molecule is CC(C)/C(O)=c1\cnc2ncnn2c1=O. The van der Waals surface area contributed by atoms with Gasteiger partial charge >= 0.3 is 0 Å². The lowest BCUT2D eigenvalue weighted by atomic mass is 10.1. The van der Waals surface area contributed by atoms with Gasteiger partial charge in [0.1, 0.15) is 12.1 Å². The Hall–Kier alpha value is -1.98. The van der Waals surface area contributed by atoms with Gasteiger partial charge in [-0.2, -0.15) is 14.6 Å². The van der Waals surface area contributed by atoms with Crippen LogP contribution in [0, 0.1) is 5.92 Å². The maximum Gasteiger partial charge on any atom is 0.286 e. The van der Waals surface area contributed by atoms with Crippen molar-refractivity contribution in [2.24, 2.45) is 5.92 Å². The average molecular weight is 206 g/mol. The molecule has 0 aliphatic rings. The zero-order chi connectivity index (χ0) is 11.0. The van der Waals surface area contributed by atoms with Gasteiger partial charge in [-0.3, -0.25) is 4.79 Å². The van der Waals surface area contributed by atoms with Crippen LogP contribution in [-0.4, -0.2) is 24.7 Å². The maximum absolute atomic E-state index is 11.8. The maximum atomic E-state index is 11.8. The van der Waals surface area contributed by atoms with Crippen molar-refractivity contribution < 1.29 is 5.11 Å². The molecular weight excluding hydrogens is 196 g/mol. The molecule has 0 radical (unpaired) electrons. The van der Waals surface area contributed by atoms with Crippen LogP contribution in [0.4, 0.5) is 0 Å². The molecule has 1 N–H and O–H groups in total. The summed E-state index contributed by atoms with van der Waals surface area (Å²) in [5, 5.41) is 13.6. The van der Waals surface area contributed by atoms with Crippen LogP contribution in [0.15, 0.2) is 17.3 Å². The van der Waals surface area contributed by atoms with Crippen LogP contribution >= 0.6 is 0 Å². The molecule has 0 aliphatic carbocycles. The predicted molar refractivity (Wildman–Crippen MR) is 53.1 cm³/mol. The molecule has 2 heterocycles. The first-order valence-electron chi connectivity index (χ1n) is 4.53. The molecule has 6 nitrogen and oxygen atoms in total. The van der Waals surface area contributed by atoms with Gasteiger partial charge in [0.05, 0.1) is 5.22 Å². The summed E-state index contributed by atoms with van der Waals surface area (Å²) in [6.45, 7) is 3.58. The highest BCUT2D eigenvalue weighted by Gasteiger charge is 2.08. The van der Waals surface area contributed by atoms with Crippen molar-refractivity contribution in [2.45, 2.75) is 13.8 Å². The second-order valence-corrected chi connectivity index (χ2v) is 3.49. The van der Waals surface area contributed by atoms with Gasteiger partial charge in [-0.25, -0.2) is 4.98 Å². The third kappa shape index (κ3) is 1.43. The van der Waals surface area contributed by atoms with Crippen molar-refractivity contribution in [2.75, 3.05) is 0 Å². The Balaban J connectivity index is 2.90. The van der Waals surface area contributed by atoms with Gasteiger partial charge in [0, 0.05) is 12.1 Å². The van der Waals surface area contributed by atoms with E-state index in [2.05, 4.69) is 15.1 Å². The van der Waals surface area contributed by atoms with Gasteiger partial charge in [0.2, 0.25) is 0 Å². The van der Waals surface area contributed by atoms with Gasteiger partial charge in [-0.1, -0.05) is 13.8 Å². The Kier molecular flexibility index (Phi) is 2.11. The van der Waals surface area contributed by atoms with Crippen LogP contribution in [-0.2, 0) is 0 Å². The van der Waals surface area contributed by atoms with E-state index in [1.165, 1.54) is 12.5 Å². The summed E-state index contributed by atoms with van der Waals surface area (Å²) >= 11 is 0. The van der Waals surface area contributed by atoms with Crippen molar-refractivity contribution in [1.29, 1.82) is 0 Å². The van der Waals surface area contributed by atoms with E-state index in [1.807, 2.05) is 0 Å². The quantitative estimate of drug-likeness (QED) is 0.682. The monoisotopic (exact) mass is 206 g/mol. The van der Waals surface area contributed by atoms with E-state index in [1.54, 1.807) is 13.8 Å². The van der Waals surface area contributed by atoms with Crippen LogP contribution in [0.3, 0.4) is 0 Å². The number of fused-ring (bicyclic) bond motifs is 1. The number of hydrogen-bond donors (Lipinski definition) is 1. The molecule has 0 bridgehead atoms. The number of aliphatic hydroxyl groups excluding tert-OH is 1. The standard InChI is InChI=1S/C9H10N4O2/c1-5(2)7(14)6-3-10-9-11-4-12-13(9)8(6)15/h3-5,14H,1-2H3/b7-6-. The molecule has 6 heteroatoms. The van der Waals surface area contributed by atoms with Gasteiger partial charge in [-0.05, 0) is 0 Å². The van der Waals surface area contributed by atoms with Gasteiger partial charge in [-0.15, -0.1) is 0 Å². The van der Waals surface area contributed by atoms with Crippen LogP contribution in [0.2, 0.25) is 0 Å². The summed E-state index contributed by atoms with van der Waals surface area (Å²) in [6, 6.07) is 0. The summed E-state index contributed by atoms with van der Waals surface area (Å²) < 4.78 is 1.06. The van der Waals surface area contributed by atoms with Crippen molar-refractivity contribution in [3.8, 4) is 0 Å². The van der Waals surface area contributed by atoms with Gasteiger partial charge in [0.25, 0.3) is 11.3 Å². The van der Waals surface area contributed by atoms with E-state index in [4.69, 9.17) is 0 Å². The topological polar surface area (TPSA) is 80.4 Å². The summed E-state index contributed by atoms with van der Waals surface area (Å²) in [6.07, 6.45) is 2.57. The highest BCUT2D eigenvalue weighted by molar-refractivity contribution is 5.36. The lowest BCUT2D eigenvalue weighted by Gasteiger charge is -2.01. The molecule has 2 rings (SSSR count). The first-order valence-corrected chi connectivity index (χ1v) is 4.53. The molecule has 0 aromatic carbocycles. The van der Waals surface area contributed by atoms with E-state index in [9.17, 15) is 9.90 Å². The zero-order valence-electron chi connectivity index (χ0n) is 8.38. The van der Waals surface area contributed by atoms with Crippen molar-refractivity contribution in [1.82, 2.24) is 19.6 Å². The summed E-state index contributed by atoms with van der Waals surface area (Å²) in [7, 11) is 0. The molecule has 0 fully saturated rings. The minimum Gasteiger partial charge on any atom is -0.511 e. The normalized spacial score (nSPS) is 13.5. The molecule has 0 saturated carbocycles. The Morgan fingerprint density at radius 2 is 2.20 bits per heavy atom. The first-order chi connectivity index (χ1) is 7.11. The summed E-state index contributed by atoms with van der Waals surface area (Å²) in [4.78, 5) is 19.5. The third-order valence-corrected chi connectivity index (χ3v) is 2.08. The van der Waals surface area contributed by atoms with Crippen molar-refractivity contribution in [3.63, 3.8) is 0 Å². The average Bonchev–Trinajstić information content (AvgIpc) is 2.66. The fraction of sp³-hybridized carbons (Fsp3) is 0.333. The first kappa shape index (κ1) is 9.57. The second kappa shape index (κ2) is 3.30. The molecule has 0 unspecified atom stereocenters. The molecule has 0 aliphatic heterocycles. The van der Waals surface area contributed by atoms with Crippen LogP contribution in [0.25, 0.3) is 11.5 Å². The Labute approximate surface area is 84.9 Å².